The summed E-state index contributed by atoms with van der Waals surface area (Å²) in [4.78, 5) is 26.0. The van der Waals surface area contributed by atoms with Gasteiger partial charge in [-0.3, -0.25) is 4.79 Å². The molecule has 0 saturated heterocycles. The van der Waals surface area contributed by atoms with Crippen molar-refractivity contribution in [1.82, 2.24) is 20.1 Å². The van der Waals surface area contributed by atoms with Crippen molar-refractivity contribution in [2.75, 3.05) is 0 Å². The molecule has 88 valence electrons. The van der Waals surface area contributed by atoms with Crippen molar-refractivity contribution < 1.29 is 14.7 Å². The van der Waals surface area contributed by atoms with Gasteiger partial charge in [-0.2, -0.15) is 5.10 Å². The Hall–Kier alpha value is -1.92. The Labute approximate surface area is 92.5 Å². The van der Waals surface area contributed by atoms with Crippen molar-refractivity contribution in [2.45, 2.75) is 26.4 Å². The molecule has 1 heterocycles. The fourth-order valence-electron chi connectivity index (χ4n) is 1.19. The molecule has 1 aromatic heterocycles. The summed E-state index contributed by atoms with van der Waals surface area (Å²) in [5, 5.41) is 15.0. The highest BCUT2D eigenvalue weighted by atomic mass is 16.4. The second-order valence-electron chi connectivity index (χ2n) is 3.72. The van der Waals surface area contributed by atoms with Crippen molar-refractivity contribution in [1.29, 1.82) is 0 Å². The van der Waals surface area contributed by atoms with Crippen LogP contribution in [0.5, 0.6) is 0 Å². The van der Waals surface area contributed by atoms with E-state index in [0.29, 0.717) is 0 Å². The van der Waals surface area contributed by atoms with Crippen LogP contribution in [0.2, 0.25) is 0 Å². The largest absolute Gasteiger partial charge is 0.480 e. The average Bonchev–Trinajstić information content (AvgIpc) is 2.65. The van der Waals surface area contributed by atoms with E-state index in [0.717, 1.165) is 0 Å². The monoisotopic (exact) mass is 226 g/mol. The molecule has 0 aliphatic carbocycles. The number of amides is 1. The third-order valence-corrected chi connectivity index (χ3v) is 2.02. The Bertz CT molecular complexity index is 361. The molecule has 7 heteroatoms. The molecule has 1 amide bonds. The normalized spacial score (nSPS) is 12.4. The molecule has 0 fully saturated rings. The molecule has 0 spiro atoms. The number of carbonyl (C=O) groups is 2. The molecule has 16 heavy (non-hydrogen) atoms. The van der Waals surface area contributed by atoms with E-state index in [1.807, 2.05) is 0 Å². The second-order valence-corrected chi connectivity index (χ2v) is 3.72. The molecule has 1 aromatic rings. The standard InChI is InChI=1S/C9H14N4O3/c1-6(2)8(9(15)16)12-7(14)3-13-5-10-4-11-13/h4-6,8H,3H2,1-2H3,(H,12,14)(H,15,16)/t8-/m0/s1. The van der Waals surface area contributed by atoms with E-state index in [1.54, 1.807) is 13.8 Å². The number of carbonyl (C=O) groups excluding carboxylic acids is 1. The molecule has 1 rings (SSSR count). The number of carboxylic acid groups (broad SMARTS) is 1. The lowest BCUT2D eigenvalue weighted by Gasteiger charge is -2.17. The van der Waals surface area contributed by atoms with Crippen LogP contribution in [0.25, 0.3) is 0 Å². The fraction of sp³-hybridized carbons (Fsp3) is 0.556. The van der Waals surface area contributed by atoms with Gasteiger partial charge in [0.05, 0.1) is 0 Å². The van der Waals surface area contributed by atoms with Gasteiger partial charge in [0.25, 0.3) is 0 Å². The maximum absolute atomic E-state index is 11.5. The summed E-state index contributed by atoms with van der Waals surface area (Å²) >= 11 is 0. The van der Waals surface area contributed by atoms with Crippen LogP contribution in [-0.2, 0) is 16.1 Å². The van der Waals surface area contributed by atoms with Crippen molar-refractivity contribution in [3.63, 3.8) is 0 Å². The first-order valence-electron chi connectivity index (χ1n) is 4.85. The molecule has 2 N–H and O–H groups in total. The number of nitrogens with zero attached hydrogens (tertiary/aromatic N) is 3. The molecule has 0 aliphatic rings. The van der Waals surface area contributed by atoms with Crippen LogP contribution in [0, 0.1) is 5.92 Å². The van der Waals surface area contributed by atoms with E-state index in [2.05, 4.69) is 15.4 Å². The van der Waals surface area contributed by atoms with Crippen LogP contribution in [0.1, 0.15) is 13.8 Å². The van der Waals surface area contributed by atoms with Crippen LogP contribution >= 0.6 is 0 Å². The smallest absolute Gasteiger partial charge is 0.326 e. The highest BCUT2D eigenvalue weighted by molar-refractivity contribution is 5.83. The van der Waals surface area contributed by atoms with E-state index in [1.165, 1.54) is 17.3 Å². The van der Waals surface area contributed by atoms with Crippen LogP contribution in [0.3, 0.4) is 0 Å². The molecule has 0 bridgehead atoms. The summed E-state index contributed by atoms with van der Waals surface area (Å²) in [5.74, 6) is -1.61. The van der Waals surface area contributed by atoms with Gasteiger partial charge in [0.2, 0.25) is 5.91 Å². The number of hydrogen-bond acceptors (Lipinski definition) is 4. The zero-order chi connectivity index (χ0) is 12.1. The van der Waals surface area contributed by atoms with Gasteiger partial charge in [0.1, 0.15) is 25.2 Å². The Morgan fingerprint density at radius 3 is 2.62 bits per heavy atom. The van der Waals surface area contributed by atoms with Gasteiger partial charge in [0.15, 0.2) is 0 Å². The van der Waals surface area contributed by atoms with E-state index in [-0.39, 0.29) is 12.5 Å². The van der Waals surface area contributed by atoms with E-state index >= 15 is 0 Å². The van der Waals surface area contributed by atoms with E-state index in [9.17, 15) is 9.59 Å². The summed E-state index contributed by atoms with van der Waals surface area (Å²) < 4.78 is 1.33. The zero-order valence-electron chi connectivity index (χ0n) is 9.12. The Kier molecular flexibility index (Phi) is 3.98. The van der Waals surface area contributed by atoms with E-state index in [4.69, 9.17) is 5.11 Å². The molecule has 0 radical (unpaired) electrons. The van der Waals surface area contributed by atoms with Crippen LogP contribution in [0.4, 0.5) is 0 Å². The van der Waals surface area contributed by atoms with Crippen LogP contribution in [-0.4, -0.2) is 37.8 Å². The number of carboxylic acids is 1. The van der Waals surface area contributed by atoms with Gasteiger partial charge in [-0.1, -0.05) is 13.8 Å². The molecule has 1 atom stereocenters. The first-order valence-corrected chi connectivity index (χ1v) is 4.85. The highest BCUT2D eigenvalue weighted by Gasteiger charge is 2.23. The summed E-state index contributed by atoms with van der Waals surface area (Å²) in [7, 11) is 0. The van der Waals surface area contributed by atoms with Gasteiger partial charge < -0.3 is 10.4 Å². The maximum atomic E-state index is 11.5. The molecule has 0 aliphatic heterocycles. The lowest BCUT2D eigenvalue weighted by Crippen LogP contribution is -2.45. The molecule has 0 saturated carbocycles. The average molecular weight is 226 g/mol. The SMILES string of the molecule is CC(C)[C@H](NC(=O)Cn1cncn1)C(=O)O. The second kappa shape index (κ2) is 5.24. The highest BCUT2D eigenvalue weighted by Crippen LogP contribution is 2.01. The first-order chi connectivity index (χ1) is 7.50. The topological polar surface area (TPSA) is 97.1 Å². The Balaban J connectivity index is 2.52. The van der Waals surface area contributed by atoms with Crippen molar-refractivity contribution in [3.8, 4) is 0 Å². The minimum atomic E-state index is -1.04. The van der Waals surface area contributed by atoms with Crippen molar-refractivity contribution in [2.24, 2.45) is 5.92 Å². The lowest BCUT2D eigenvalue weighted by molar-refractivity contribution is -0.143. The minimum Gasteiger partial charge on any atom is -0.480 e. The zero-order valence-corrected chi connectivity index (χ0v) is 9.12. The first kappa shape index (κ1) is 12.2. The quantitative estimate of drug-likeness (QED) is 0.705. The van der Waals surface area contributed by atoms with Gasteiger partial charge in [0, 0.05) is 0 Å². The molecule has 0 unspecified atom stereocenters. The van der Waals surface area contributed by atoms with Gasteiger partial charge in [-0.25, -0.2) is 14.5 Å². The number of nitrogens with one attached hydrogen (secondary N) is 1. The van der Waals surface area contributed by atoms with Gasteiger partial charge >= 0.3 is 5.97 Å². The molecular weight excluding hydrogens is 212 g/mol. The molecule has 0 aromatic carbocycles. The predicted molar refractivity (Wildman–Crippen MR) is 54.4 cm³/mol. The Morgan fingerprint density at radius 2 is 2.19 bits per heavy atom. The van der Waals surface area contributed by atoms with Gasteiger partial charge in [-0.05, 0) is 5.92 Å². The number of rotatable bonds is 5. The summed E-state index contributed by atoms with van der Waals surface area (Å²) in [6, 6.07) is -0.879. The van der Waals surface area contributed by atoms with Crippen LogP contribution < -0.4 is 5.32 Å². The summed E-state index contributed by atoms with van der Waals surface area (Å²) in [6.07, 6.45) is 2.70. The molecular formula is C9H14N4O3. The van der Waals surface area contributed by atoms with Crippen molar-refractivity contribution >= 4 is 11.9 Å². The van der Waals surface area contributed by atoms with Crippen molar-refractivity contribution in [3.05, 3.63) is 12.7 Å². The van der Waals surface area contributed by atoms with Gasteiger partial charge in [-0.15, -0.1) is 0 Å². The summed E-state index contributed by atoms with van der Waals surface area (Å²) in [6.45, 7) is 3.43. The lowest BCUT2D eigenvalue weighted by atomic mass is 10.1. The third-order valence-electron chi connectivity index (χ3n) is 2.02. The maximum Gasteiger partial charge on any atom is 0.326 e. The number of aromatic nitrogens is 3. The van der Waals surface area contributed by atoms with E-state index < -0.39 is 17.9 Å². The van der Waals surface area contributed by atoms with Crippen LogP contribution in [0.15, 0.2) is 12.7 Å². The fourth-order valence-corrected chi connectivity index (χ4v) is 1.19. The summed E-state index contributed by atoms with van der Waals surface area (Å²) in [5.41, 5.74) is 0. The minimum absolute atomic E-state index is 0.0312. The molecule has 7 nitrogen and oxygen atoms in total. The Morgan fingerprint density at radius 1 is 1.50 bits per heavy atom. The number of hydrogen-bond donors (Lipinski definition) is 2. The number of aliphatic carboxylic acids is 1. The predicted octanol–water partition coefficient (Wildman–Crippen LogP) is -0.497. The third kappa shape index (κ3) is 3.34.